The minimum Gasteiger partial charge on any atom is -0.377 e. The van der Waals surface area contributed by atoms with Crippen molar-refractivity contribution < 1.29 is 0 Å². The molecule has 0 bridgehead atoms. The van der Waals surface area contributed by atoms with Gasteiger partial charge >= 0.3 is 0 Å². The second kappa shape index (κ2) is 4.18. The van der Waals surface area contributed by atoms with Crippen LogP contribution in [0.1, 0.15) is 29.2 Å². The van der Waals surface area contributed by atoms with E-state index in [2.05, 4.69) is 62.1 Å². The Labute approximate surface area is 90.6 Å². The van der Waals surface area contributed by atoms with E-state index in [0.29, 0.717) is 5.54 Å². The van der Waals surface area contributed by atoms with Gasteiger partial charge in [0.1, 0.15) is 0 Å². The lowest BCUT2D eigenvalue weighted by molar-refractivity contribution is 1.03. The maximum absolute atomic E-state index is 3.67. The highest BCUT2D eigenvalue weighted by Gasteiger charge is 2.09. The van der Waals surface area contributed by atoms with Crippen molar-refractivity contribution >= 4 is 15.9 Å². The van der Waals surface area contributed by atoms with Crippen molar-refractivity contribution in [2.75, 3.05) is 19.0 Å². The third-order valence-electron chi connectivity index (χ3n) is 2.75. The Balaban J connectivity index is 3.26. The Bertz CT molecular complexity index is 296. The minimum atomic E-state index is 0.421. The summed E-state index contributed by atoms with van der Waals surface area (Å²) in [4.78, 5) is 2.16. The Morgan fingerprint density at radius 3 is 2.14 bits per heavy atom. The van der Waals surface area contributed by atoms with E-state index < -0.39 is 0 Å². The maximum Gasteiger partial charge on any atom is 0.0393 e. The van der Waals surface area contributed by atoms with Crippen LogP contribution in [0.3, 0.4) is 0 Å². The molecule has 0 amide bonds. The summed E-state index contributed by atoms with van der Waals surface area (Å²) in [7, 11) is 7.83. The van der Waals surface area contributed by atoms with Crippen molar-refractivity contribution in [3.63, 3.8) is 0 Å². The number of rotatable bonds is 2. The standard InChI is InChI=1S/C12H18NSi/c1-8-9(2)12(13(4)5)7-6-11(8)10(3)14/h6-7,10H,1-5H3. The van der Waals surface area contributed by atoms with Gasteiger partial charge in [0.2, 0.25) is 0 Å². The second-order valence-corrected chi connectivity index (χ2v) is 4.91. The molecule has 0 aliphatic rings. The third-order valence-corrected chi connectivity index (χ3v) is 3.06. The number of anilines is 1. The van der Waals surface area contributed by atoms with Crippen LogP contribution in [0.15, 0.2) is 12.1 Å². The molecule has 2 heteroatoms. The van der Waals surface area contributed by atoms with Crippen molar-refractivity contribution in [1.82, 2.24) is 0 Å². The molecule has 14 heavy (non-hydrogen) atoms. The molecule has 1 atom stereocenters. The average molecular weight is 204 g/mol. The Morgan fingerprint density at radius 2 is 1.71 bits per heavy atom. The summed E-state index contributed by atoms with van der Waals surface area (Å²) in [6, 6.07) is 4.39. The molecule has 0 fully saturated rings. The summed E-state index contributed by atoms with van der Waals surface area (Å²) in [6.45, 7) is 6.53. The van der Waals surface area contributed by atoms with Crippen LogP contribution in [0.2, 0.25) is 0 Å². The fourth-order valence-electron chi connectivity index (χ4n) is 1.78. The van der Waals surface area contributed by atoms with E-state index >= 15 is 0 Å². The van der Waals surface area contributed by atoms with Gasteiger partial charge in [-0.25, -0.2) is 0 Å². The fourth-order valence-corrected chi connectivity index (χ4v) is 2.09. The summed E-state index contributed by atoms with van der Waals surface area (Å²) in [5.74, 6) is 0. The van der Waals surface area contributed by atoms with Crippen LogP contribution >= 0.6 is 0 Å². The zero-order chi connectivity index (χ0) is 10.9. The molecule has 1 aromatic rings. The van der Waals surface area contributed by atoms with Crippen molar-refractivity contribution in [1.29, 1.82) is 0 Å². The summed E-state index contributed by atoms with van der Waals surface area (Å²) in [5, 5.41) is 0. The average Bonchev–Trinajstić information content (AvgIpc) is 2.08. The first-order valence-electron chi connectivity index (χ1n) is 4.93. The van der Waals surface area contributed by atoms with Crippen molar-refractivity contribution in [3.05, 3.63) is 28.8 Å². The van der Waals surface area contributed by atoms with Gasteiger partial charge in [0.25, 0.3) is 0 Å². The van der Waals surface area contributed by atoms with Gasteiger partial charge < -0.3 is 4.90 Å². The van der Waals surface area contributed by atoms with Gasteiger partial charge in [-0.05, 0) is 42.1 Å². The zero-order valence-corrected chi connectivity index (χ0v) is 10.7. The second-order valence-electron chi connectivity index (χ2n) is 4.04. The normalized spacial score (nSPS) is 12.7. The lowest BCUT2D eigenvalue weighted by Gasteiger charge is -2.20. The first-order chi connectivity index (χ1) is 6.45. The molecule has 0 aliphatic heterocycles. The van der Waals surface area contributed by atoms with Crippen LogP contribution in [0.4, 0.5) is 5.69 Å². The lowest BCUT2D eigenvalue weighted by atomic mass is 9.99. The van der Waals surface area contributed by atoms with Gasteiger partial charge in [-0.2, -0.15) is 0 Å². The summed E-state index contributed by atoms with van der Waals surface area (Å²) in [5.41, 5.74) is 5.87. The SMILES string of the molecule is Cc1c(C(C)[Si])ccc(N(C)C)c1C. The minimum absolute atomic E-state index is 0.421. The van der Waals surface area contributed by atoms with Crippen LogP contribution in [-0.2, 0) is 0 Å². The molecule has 1 unspecified atom stereocenters. The van der Waals surface area contributed by atoms with Crippen LogP contribution < -0.4 is 4.90 Å². The molecule has 0 aromatic heterocycles. The first kappa shape index (κ1) is 11.3. The van der Waals surface area contributed by atoms with Crippen molar-refractivity contribution in [3.8, 4) is 0 Å². The first-order valence-corrected chi connectivity index (χ1v) is 5.51. The molecule has 1 aromatic carbocycles. The van der Waals surface area contributed by atoms with E-state index in [4.69, 9.17) is 0 Å². The maximum atomic E-state index is 3.67. The predicted octanol–water partition coefficient (Wildman–Crippen LogP) is 2.60. The van der Waals surface area contributed by atoms with E-state index in [1.54, 1.807) is 0 Å². The molecule has 75 valence electrons. The van der Waals surface area contributed by atoms with Crippen LogP contribution in [0.5, 0.6) is 0 Å². The highest BCUT2D eigenvalue weighted by Crippen LogP contribution is 2.27. The van der Waals surface area contributed by atoms with E-state index in [1.165, 1.54) is 22.4 Å². The van der Waals surface area contributed by atoms with Crippen LogP contribution in [0.25, 0.3) is 0 Å². The van der Waals surface area contributed by atoms with Gasteiger partial charge in [0.05, 0.1) is 0 Å². The molecule has 0 saturated heterocycles. The predicted molar refractivity (Wildman–Crippen MR) is 64.4 cm³/mol. The molecule has 0 saturated carbocycles. The van der Waals surface area contributed by atoms with Gasteiger partial charge in [0.15, 0.2) is 0 Å². The van der Waals surface area contributed by atoms with Gasteiger partial charge in [-0.3, -0.25) is 0 Å². The topological polar surface area (TPSA) is 3.24 Å². The molecule has 3 radical (unpaired) electrons. The Morgan fingerprint density at radius 1 is 1.14 bits per heavy atom. The molecule has 0 N–H and O–H groups in total. The summed E-state index contributed by atoms with van der Waals surface area (Å²) >= 11 is 0. The van der Waals surface area contributed by atoms with E-state index in [1.807, 2.05) is 0 Å². The quantitative estimate of drug-likeness (QED) is 0.669. The molecule has 1 rings (SSSR count). The summed E-state index contributed by atoms with van der Waals surface area (Å²) in [6.07, 6.45) is 0. The number of nitrogens with zero attached hydrogens (tertiary/aromatic N) is 1. The highest BCUT2D eigenvalue weighted by molar-refractivity contribution is 6.12. The molecule has 0 aliphatic carbocycles. The number of hydrogen-bond donors (Lipinski definition) is 0. The summed E-state index contributed by atoms with van der Waals surface area (Å²) < 4.78 is 0. The van der Waals surface area contributed by atoms with E-state index in [-0.39, 0.29) is 0 Å². The van der Waals surface area contributed by atoms with Gasteiger partial charge in [-0.15, -0.1) is 0 Å². The van der Waals surface area contributed by atoms with Crippen molar-refractivity contribution in [2.45, 2.75) is 26.3 Å². The molecule has 0 heterocycles. The number of benzene rings is 1. The van der Waals surface area contributed by atoms with Gasteiger partial charge in [-0.1, -0.05) is 13.0 Å². The zero-order valence-electron chi connectivity index (χ0n) is 9.68. The Kier molecular flexibility index (Phi) is 3.37. The fraction of sp³-hybridized carbons (Fsp3) is 0.500. The number of hydrogen-bond acceptors (Lipinski definition) is 1. The molecular formula is C12H18NSi. The van der Waals surface area contributed by atoms with Crippen LogP contribution in [-0.4, -0.2) is 24.3 Å². The molecule has 0 spiro atoms. The van der Waals surface area contributed by atoms with E-state index in [9.17, 15) is 0 Å². The Hall–Kier alpha value is -0.763. The highest BCUT2D eigenvalue weighted by atomic mass is 28.1. The van der Waals surface area contributed by atoms with Crippen LogP contribution in [0, 0.1) is 13.8 Å². The van der Waals surface area contributed by atoms with Crippen molar-refractivity contribution in [2.24, 2.45) is 0 Å². The molecular weight excluding hydrogens is 186 g/mol. The van der Waals surface area contributed by atoms with Gasteiger partial charge in [0, 0.05) is 30.0 Å². The third kappa shape index (κ3) is 2.00. The van der Waals surface area contributed by atoms with E-state index in [0.717, 1.165) is 0 Å². The lowest BCUT2D eigenvalue weighted by Crippen LogP contribution is -2.12. The monoisotopic (exact) mass is 204 g/mol. The smallest absolute Gasteiger partial charge is 0.0393 e. The molecule has 1 nitrogen and oxygen atoms in total. The largest absolute Gasteiger partial charge is 0.377 e.